The monoisotopic (exact) mass is 633 g/mol. The van der Waals surface area contributed by atoms with E-state index < -0.39 is 0 Å². The van der Waals surface area contributed by atoms with Crippen LogP contribution in [0.5, 0.6) is 0 Å². The van der Waals surface area contributed by atoms with Crippen LogP contribution >= 0.6 is 0 Å². The van der Waals surface area contributed by atoms with Gasteiger partial charge in [-0.3, -0.25) is 14.8 Å². The van der Waals surface area contributed by atoms with E-state index in [0.29, 0.717) is 37.8 Å². The minimum atomic E-state index is -0.355. The normalized spacial score (nSPS) is 15.7. The number of rotatable bonds is 11. The molecule has 2 aromatic carbocycles. The summed E-state index contributed by atoms with van der Waals surface area (Å²) < 4.78 is 0. The third-order valence-electron chi connectivity index (χ3n) is 8.58. The molecular weight excluding hydrogens is 586 g/mol. The van der Waals surface area contributed by atoms with Gasteiger partial charge in [0.2, 0.25) is 0 Å². The van der Waals surface area contributed by atoms with E-state index in [1.807, 2.05) is 80.7 Å². The highest BCUT2D eigenvalue weighted by molar-refractivity contribution is 6.07. The van der Waals surface area contributed by atoms with Crippen molar-refractivity contribution >= 4 is 34.2 Å². The molecule has 9 nitrogen and oxygen atoms in total. The van der Waals surface area contributed by atoms with Crippen LogP contribution in [-0.2, 0) is 17.9 Å². The predicted molar refractivity (Wildman–Crippen MR) is 189 cm³/mol. The zero-order chi connectivity index (χ0) is 33.2. The summed E-state index contributed by atoms with van der Waals surface area (Å²) in [6.45, 7) is 11.0. The van der Waals surface area contributed by atoms with Gasteiger partial charge >= 0.3 is 6.03 Å². The minimum Gasteiger partial charge on any atom is -0.316 e. The number of amides is 3. The maximum absolute atomic E-state index is 13.9. The Hall–Kier alpha value is -4.63. The lowest BCUT2D eigenvalue weighted by atomic mass is 9.86. The summed E-state index contributed by atoms with van der Waals surface area (Å²) in [5.41, 5.74) is 6.59. The van der Waals surface area contributed by atoms with Gasteiger partial charge in [-0.2, -0.15) is 5.10 Å². The SMILES string of the molecule is CC.CC(C)NCCCCCCN1N=C(c2ccc(NC(=O)N3Cc4ccncc4C3)cc2)CC(c2cccc3ncccc23)C1=O. The van der Waals surface area contributed by atoms with Gasteiger partial charge in [-0.25, -0.2) is 9.80 Å². The summed E-state index contributed by atoms with van der Waals surface area (Å²) in [5.74, 6) is -0.325. The Bertz CT molecular complexity index is 1660. The molecule has 0 radical (unpaired) electrons. The molecule has 4 aromatic rings. The quantitative estimate of drug-likeness (QED) is 0.167. The Morgan fingerprint density at radius 3 is 2.49 bits per heavy atom. The molecule has 2 aliphatic rings. The van der Waals surface area contributed by atoms with E-state index in [-0.39, 0.29) is 17.9 Å². The molecule has 2 aliphatic heterocycles. The zero-order valence-electron chi connectivity index (χ0n) is 28.1. The number of nitrogens with one attached hydrogen (secondary N) is 2. The molecule has 47 heavy (non-hydrogen) atoms. The van der Waals surface area contributed by atoms with Crippen LogP contribution in [-0.4, -0.2) is 56.7 Å². The van der Waals surface area contributed by atoms with Gasteiger partial charge < -0.3 is 15.5 Å². The summed E-state index contributed by atoms with van der Waals surface area (Å²) in [6, 6.07) is 20.1. The fraction of sp³-hybridized carbons (Fsp3) is 0.395. The van der Waals surface area contributed by atoms with Crippen LogP contribution in [0.3, 0.4) is 0 Å². The van der Waals surface area contributed by atoms with Crippen LogP contribution in [0.15, 0.2) is 84.4 Å². The first-order valence-corrected chi connectivity index (χ1v) is 17.0. The smallest absolute Gasteiger partial charge is 0.316 e. The van der Waals surface area contributed by atoms with Crippen molar-refractivity contribution in [1.82, 2.24) is 25.2 Å². The Morgan fingerprint density at radius 1 is 0.915 bits per heavy atom. The third kappa shape index (κ3) is 8.40. The van der Waals surface area contributed by atoms with Gasteiger partial charge in [-0.1, -0.05) is 70.9 Å². The number of anilines is 1. The van der Waals surface area contributed by atoms with Gasteiger partial charge in [-0.15, -0.1) is 0 Å². The maximum atomic E-state index is 13.9. The summed E-state index contributed by atoms with van der Waals surface area (Å²) in [6.07, 6.45) is 10.0. The fourth-order valence-electron chi connectivity index (χ4n) is 6.15. The Kier molecular flexibility index (Phi) is 11.7. The number of fused-ring (bicyclic) bond motifs is 2. The van der Waals surface area contributed by atoms with Crippen molar-refractivity contribution in [2.45, 2.75) is 84.8 Å². The fourth-order valence-corrected chi connectivity index (χ4v) is 6.15. The molecule has 2 aromatic heterocycles. The molecule has 0 saturated heterocycles. The average molecular weight is 634 g/mol. The third-order valence-corrected chi connectivity index (χ3v) is 8.58. The topological polar surface area (TPSA) is 103 Å². The van der Waals surface area contributed by atoms with Crippen molar-refractivity contribution < 1.29 is 9.59 Å². The molecule has 0 saturated carbocycles. The first-order valence-electron chi connectivity index (χ1n) is 17.0. The minimum absolute atomic E-state index is 0.0299. The molecular formula is C38H47N7O2. The zero-order valence-corrected chi connectivity index (χ0v) is 28.1. The van der Waals surface area contributed by atoms with Crippen molar-refractivity contribution in [1.29, 1.82) is 0 Å². The number of carbonyl (C=O) groups excluding carboxylic acids is 2. The van der Waals surface area contributed by atoms with E-state index in [9.17, 15) is 9.59 Å². The summed E-state index contributed by atoms with van der Waals surface area (Å²) in [7, 11) is 0. The number of pyridine rings is 2. The van der Waals surface area contributed by atoms with Gasteiger partial charge in [0.15, 0.2) is 0 Å². The first-order chi connectivity index (χ1) is 23.0. The predicted octanol–water partition coefficient (Wildman–Crippen LogP) is 7.48. The van der Waals surface area contributed by atoms with Crippen molar-refractivity contribution in [3.63, 3.8) is 0 Å². The number of carbonyl (C=O) groups is 2. The first kappa shape index (κ1) is 33.7. The van der Waals surface area contributed by atoms with Crippen molar-refractivity contribution in [2.75, 3.05) is 18.4 Å². The molecule has 1 unspecified atom stereocenters. The van der Waals surface area contributed by atoms with Crippen LogP contribution < -0.4 is 10.6 Å². The second-order valence-electron chi connectivity index (χ2n) is 12.2. The molecule has 0 aliphatic carbocycles. The largest absolute Gasteiger partial charge is 0.322 e. The summed E-state index contributed by atoms with van der Waals surface area (Å²) >= 11 is 0. The number of urea groups is 1. The van der Waals surface area contributed by atoms with E-state index >= 15 is 0 Å². The molecule has 2 N–H and O–H groups in total. The number of benzene rings is 2. The van der Waals surface area contributed by atoms with Crippen LogP contribution in [0.1, 0.15) is 88.0 Å². The highest BCUT2D eigenvalue weighted by Crippen LogP contribution is 2.33. The van der Waals surface area contributed by atoms with Gasteiger partial charge in [-0.05, 0) is 72.0 Å². The van der Waals surface area contributed by atoms with Gasteiger partial charge in [0, 0.05) is 61.8 Å². The van der Waals surface area contributed by atoms with Gasteiger partial charge in [0.05, 0.1) is 17.1 Å². The van der Waals surface area contributed by atoms with Crippen molar-refractivity contribution in [3.05, 3.63) is 102 Å². The van der Waals surface area contributed by atoms with E-state index in [2.05, 4.69) is 34.4 Å². The van der Waals surface area contributed by atoms with Crippen LogP contribution in [0, 0.1) is 0 Å². The average Bonchev–Trinajstić information content (AvgIpc) is 3.54. The number of hydrogen-bond acceptors (Lipinski definition) is 6. The second kappa shape index (κ2) is 16.3. The highest BCUT2D eigenvalue weighted by Gasteiger charge is 2.33. The van der Waals surface area contributed by atoms with E-state index in [1.165, 1.54) is 0 Å². The molecule has 0 bridgehead atoms. The Labute approximate surface area is 278 Å². The van der Waals surface area contributed by atoms with Crippen LogP contribution in [0.25, 0.3) is 10.9 Å². The number of nitrogens with zero attached hydrogens (tertiary/aromatic N) is 5. The molecule has 1 atom stereocenters. The van der Waals surface area contributed by atoms with Gasteiger partial charge in [0.25, 0.3) is 5.91 Å². The number of unbranched alkanes of at least 4 members (excludes halogenated alkanes) is 3. The van der Waals surface area contributed by atoms with E-state index in [1.54, 1.807) is 22.3 Å². The lowest BCUT2D eigenvalue weighted by molar-refractivity contribution is -0.133. The summed E-state index contributed by atoms with van der Waals surface area (Å²) in [4.78, 5) is 37.4. The molecule has 246 valence electrons. The molecule has 6 rings (SSSR count). The summed E-state index contributed by atoms with van der Waals surface area (Å²) in [5, 5.41) is 14.1. The lowest BCUT2D eigenvalue weighted by Gasteiger charge is -2.30. The Balaban J connectivity index is 0.00000213. The van der Waals surface area contributed by atoms with Crippen LogP contribution in [0.2, 0.25) is 0 Å². The molecule has 0 spiro atoms. The van der Waals surface area contributed by atoms with Crippen molar-refractivity contribution in [2.24, 2.45) is 5.10 Å². The molecule has 3 amide bonds. The molecule has 9 heteroatoms. The highest BCUT2D eigenvalue weighted by atomic mass is 16.2. The number of hydrazone groups is 1. The lowest BCUT2D eigenvalue weighted by Crippen LogP contribution is -2.38. The van der Waals surface area contributed by atoms with Gasteiger partial charge in [0.1, 0.15) is 0 Å². The second-order valence-corrected chi connectivity index (χ2v) is 12.2. The van der Waals surface area contributed by atoms with E-state index in [4.69, 9.17) is 5.10 Å². The maximum Gasteiger partial charge on any atom is 0.322 e. The Morgan fingerprint density at radius 2 is 1.70 bits per heavy atom. The molecule has 4 heterocycles. The van der Waals surface area contributed by atoms with Crippen molar-refractivity contribution in [3.8, 4) is 0 Å². The van der Waals surface area contributed by atoms with E-state index in [0.717, 1.165) is 71.1 Å². The number of hydrogen-bond donors (Lipinski definition) is 2. The number of aromatic nitrogens is 2. The molecule has 0 fully saturated rings. The standard InChI is InChI=1S/C36H41N7O2.C2H6/c1-25(2)38-17-5-3-4-6-20-43-35(44)32(30-9-7-11-33-31(30)10-8-18-39-33)21-34(41-43)26-12-14-29(15-13-26)40-36(45)42-23-27-16-19-37-22-28(27)24-42;1-2/h7-16,18-19,22,25,32,38H,3-6,17,20-21,23-24H2,1-2H3,(H,40,45);1-2H3. The van der Waals surface area contributed by atoms with Crippen LogP contribution in [0.4, 0.5) is 10.5 Å².